The molecule has 2 aliphatic heterocycles. The van der Waals surface area contributed by atoms with E-state index in [9.17, 15) is 4.79 Å². The van der Waals surface area contributed by atoms with Gasteiger partial charge in [0.25, 0.3) is 0 Å². The Bertz CT molecular complexity index is 231. The predicted molar refractivity (Wildman–Crippen MR) is 60.8 cm³/mol. The molecule has 0 spiro atoms. The first-order valence-electron chi connectivity index (χ1n) is 5.50. The summed E-state index contributed by atoms with van der Waals surface area (Å²) in [6, 6.07) is -0.124. The molecule has 0 saturated carbocycles. The van der Waals surface area contributed by atoms with Crippen molar-refractivity contribution in [3.8, 4) is 0 Å². The van der Waals surface area contributed by atoms with E-state index >= 15 is 0 Å². The molecule has 15 heavy (non-hydrogen) atoms. The Balaban J connectivity index is 1.71. The molecule has 2 saturated heterocycles. The second-order valence-electron chi connectivity index (χ2n) is 4.19. The number of carbonyl (C=O) groups is 1. The summed E-state index contributed by atoms with van der Waals surface area (Å²) in [5.41, 5.74) is 5.77. The van der Waals surface area contributed by atoms with Crippen molar-refractivity contribution in [1.29, 1.82) is 0 Å². The minimum atomic E-state index is -0.142. The molecule has 2 aliphatic rings. The fourth-order valence-electron chi connectivity index (χ4n) is 1.99. The Hall–Kier alpha value is -0.260. The molecule has 2 heterocycles. The van der Waals surface area contributed by atoms with Crippen LogP contribution >= 0.6 is 11.8 Å². The van der Waals surface area contributed by atoms with Gasteiger partial charge in [-0.05, 0) is 18.6 Å². The van der Waals surface area contributed by atoms with Crippen molar-refractivity contribution in [3.63, 3.8) is 0 Å². The molecule has 3 N–H and O–H groups in total. The van der Waals surface area contributed by atoms with Gasteiger partial charge in [-0.2, -0.15) is 11.8 Å². The van der Waals surface area contributed by atoms with Gasteiger partial charge in [-0.15, -0.1) is 0 Å². The lowest BCUT2D eigenvalue weighted by atomic mass is 10.0. The molecule has 0 aromatic heterocycles. The smallest absolute Gasteiger partial charge is 0.227 e. The van der Waals surface area contributed by atoms with Crippen LogP contribution in [0.3, 0.4) is 0 Å². The topological polar surface area (TPSA) is 64.3 Å². The lowest BCUT2D eigenvalue weighted by Crippen LogP contribution is -2.42. The number of nitrogens with two attached hydrogens (primary N) is 1. The Morgan fingerprint density at radius 1 is 1.53 bits per heavy atom. The molecular formula is C10H18N2O2S. The maximum atomic E-state index is 11.7. The standard InChI is InChI=1S/C10H18N2O2S/c11-9-6-14-5-8(9)10(13)12-4-7-2-1-3-15-7/h7-9H,1-6,11H2,(H,12,13). The highest BCUT2D eigenvalue weighted by atomic mass is 32.2. The molecule has 0 bridgehead atoms. The summed E-state index contributed by atoms with van der Waals surface area (Å²) in [4.78, 5) is 11.7. The lowest BCUT2D eigenvalue weighted by molar-refractivity contribution is -0.125. The van der Waals surface area contributed by atoms with Gasteiger partial charge in [0, 0.05) is 17.8 Å². The highest BCUT2D eigenvalue weighted by molar-refractivity contribution is 8.00. The van der Waals surface area contributed by atoms with Gasteiger partial charge < -0.3 is 15.8 Å². The van der Waals surface area contributed by atoms with E-state index < -0.39 is 0 Å². The molecule has 2 fully saturated rings. The van der Waals surface area contributed by atoms with Gasteiger partial charge >= 0.3 is 0 Å². The Morgan fingerprint density at radius 3 is 3.00 bits per heavy atom. The second kappa shape index (κ2) is 5.18. The molecule has 0 aliphatic carbocycles. The van der Waals surface area contributed by atoms with Crippen molar-refractivity contribution in [2.45, 2.75) is 24.1 Å². The molecule has 0 aromatic carbocycles. The van der Waals surface area contributed by atoms with Crippen LogP contribution in [0.15, 0.2) is 0 Å². The molecule has 0 aromatic rings. The van der Waals surface area contributed by atoms with Crippen LogP contribution in [0.4, 0.5) is 0 Å². The van der Waals surface area contributed by atoms with Crippen LogP contribution in [0, 0.1) is 5.92 Å². The van der Waals surface area contributed by atoms with Crippen molar-refractivity contribution >= 4 is 17.7 Å². The summed E-state index contributed by atoms with van der Waals surface area (Å²) in [6.45, 7) is 1.77. The van der Waals surface area contributed by atoms with Crippen LogP contribution in [-0.4, -0.2) is 42.7 Å². The number of ether oxygens (including phenoxy) is 1. The third kappa shape index (κ3) is 2.86. The molecular weight excluding hydrogens is 212 g/mol. The normalized spacial score (nSPS) is 35.7. The van der Waals surface area contributed by atoms with Crippen molar-refractivity contribution in [2.75, 3.05) is 25.5 Å². The lowest BCUT2D eigenvalue weighted by Gasteiger charge is -2.15. The molecule has 86 valence electrons. The number of amides is 1. The van der Waals surface area contributed by atoms with Gasteiger partial charge in [0.1, 0.15) is 0 Å². The molecule has 3 unspecified atom stereocenters. The average Bonchev–Trinajstić information content (AvgIpc) is 2.84. The van der Waals surface area contributed by atoms with E-state index in [4.69, 9.17) is 10.5 Å². The van der Waals surface area contributed by atoms with E-state index in [1.807, 2.05) is 11.8 Å². The van der Waals surface area contributed by atoms with Crippen LogP contribution in [-0.2, 0) is 9.53 Å². The number of rotatable bonds is 3. The zero-order valence-electron chi connectivity index (χ0n) is 8.78. The highest BCUT2D eigenvalue weighted by Gasteiger charge is 2.31. The maximum Gasteiger partial charge on any atom is 0.227 e. The van der Waals surface area contributed by atoms with Gasteiger partial charge in [-0.25, -0.2) is 0 Å². The SMILES string of the molecule is NC1COCC1C(=O)NCC1CCCS1. The minimum absolute atomic E-state index is 0.0625. The van der Waals surface area contributed by atoms with Gasteiger partial charge in [0.05, 0.1) is 19.1 Å². The largest absolute Gasteiger partial charge is 0.379 e. The van der Waals surface area contributed by atoms with E-state index in [0.29, 0.717) is 18.5 Å². The Labute approximate surface area is 94.3 Å². The third-order valence-corrected chi connectivity index (χ3v) is 4.39. The van der Waals surface area contributed by atoms with E-state index in [1.165, 1.54) is 18.6 Å². The van der Waals surface area contributed by atoms with Crippen LogP contribution in [0.5, 0.6) is 0 Å². The Kier molecular flexibility index (Phi) is 3.88. The molecule has 1 amide bonds. The molecule has 4 nitrogen and oxygen atoms in total. The zero-order chi connectivity index (χ0) is 10.7. The quantitative estimate of drug-likeness (QED) is 0.715. The van der Waals surface area contributed by atoms with Crippen LogP contribution in [0.25, 0.3) is 0 Å². The summed E-state index contributed by atoms with van der Waals surface area (Å²) in [6.07, 6.45) is 2.50. The Morgan fingerprint density at radius 2 is 2.40 bits per heavy atom. The van der Waals surface area contributed by atoms with E-state index in [-0.39, 0.29) is 17.9 Å². The fraction of sp³-hybridized carbons (Fsp3) is 0.900. The summed E-state index contributed by atoms with van der Waals surface area (Å²) in [5, 5.41) is 3.58. The molecule has 3 atom stereocenters. The zero-order valence-corrected chi connectivity index (χ0v) is 9.59. The first kappa shape index (κ1) is 11.2. The molecule has 2 rings (SSSR count). The monoisotopic (exact) mass is 230 g/mol. The van der Waals surface area contributed by atoms with Gasteiger partial charge in [0.15, 0.2) is 0 Å². The summed E-state index contributed by atoms with van der Waals surface area (Å²) < 4.78 is 5.17. The minimum Gasteiger partial charge on any atom is -0.379 e. The predicted octanol–water partition coefficient (Wildman–Crippen LogP) is -0.0281. The summed E-state index contributed by atoms with van der Waals surface area (Å²) in [7, 11) is 0. The number of nitrogens with one attached hydrogen (secondary N) is 1. The number of hydrogen-bond donors (Lipinski definition) is 2. The van der Waals surface area contributed by atoms with Crippen LogP contribution in [0.2, 0.25) is 0 Å². The molecule has 5 heteroatoms. The van der Waals surface area contributed by atoms with Gasteiger partial charge in [-0.1, -0.05) is 0 Å². The second-order valence-corrected chi connectivity index (χ2v) is 5.60. The first-order chi connectivity index (χ1) is 7.27. The average molecular weight is 230 g/mol. The van der Waals surface area contributed by atoms with E-state index in [0.717, 1.165) is 6.54 Å². The summed E-state index contributed by atoms with van der Waals surface area (Å²) >= 11 is 1.95. The van der Waals surface area contributed by atoms with E-state index in [1.54, 1.807) is 0 Å². The number of hydrogen-bond acceptors (Lipinski definition) is 4. The number of carbonyl (C=O) groups excluding carboxylic acids is 1. The van der Waals surface area contributed by atoms with Crippen molar-refractivity contribution in [2.24, 2.45) is 11.7 Å². The van der Waals surface area contributed by atoms with Gasteiger partial charge in [-0.3, -0.25) is 4.79 Å². The van der Waals surface area contributed by atoms with Crippen molar-refractivity contribution in [1.82, 2.24) is 5.32 Å². The highest BCUT2D eigenvalue weighted by Crippen LogP contribution is 2.25. The van der Waals surface area contributed by atoms with Gasteiger partial charge in [0.2, 0.25) is 5.91 Å². The fourth-order valence-corrected chi connectivity index (χ4v) is 3.19. The first-order valence-corrected chi connectivity index (χ1v) is 6.55. The van der Waals surface area contributed by atoms with Crippen molar-refractivity contribution in [3.05, 3.63) is 0 Å². The summed E-state index contributed by atoms with van der Waals surface area (Å²) in [5.74, 6) is 1.15. The van der Waals surface area contributed by atoms with Crippen LogP contribution in [0.1, 0.15) is 12.8 Å². The maximum absolute atomic E-state index is 11.7. The van der Waals surface area contributed by atoms with Crippen molar-refractivity contribution < 1.29 is 9.53 Å². The third-order valence-electron chi connectivity index (χ3n) is 2.99. The van der Waals surface area contributed by atoms with E-state index in [2.05, 4.69) is 5.32 Å². The number of thioether (sulfide) groups is 1. The molecule has 0 radical (unpaired) electrons. The van der Waals surface area contributed by atoms with Crippen LogP contribution < -0.4 is 11.1 Å².